The van der Waals surface area contributed by atoms with Crippen molar-refractivity contribution < 1.29 is 18.3 Å². The van der Waals surface area contributed by atoms with Crippen LogP contribution in [-0.4, -0.2) is 17.5 Å². The molecule has 0 bridgehead atoms. The maximum absolute atomic E-state index is 12.0. The van der Waals surface area contributed by atoms with E-state index in [1.54, 1.807) is 42.7 Å². The quantitative estimate of drug-likeness (QED) is 0.859. The fourth-order valence-corrected chi connectivity index (χ4v) is 1.55. The summed E-state index contributed by atoms with van der Waals surface area (Å²) in [6, 6.07) is 9.31. The number of carbonyl (C=O) groups is 1. The van der Waals surface area contributed by atoms with E-state index in [1.165, 1.54) is 18.2 Å². The summed E-state index contributed by atoms with van der Waals surface area (Å²) in [7, 11) is 0. The molecule has 0 aliphatic carbocycles. The fourth-order valence-electron chi connectivity index (χ4n) is 1.55. The lowest BCUT2D eigenvalue weighted by Gasteiger charge is -2.04. The van der Waals surface area contributed by atoms with E-state index < -0.39 is 6.61 Å². The monoisotopic (exact) mass is 290 g/mol. The van der Waals surface area contributed by atoms with Crippen molar-refractivity contribution in [3.8, 4) is 5.75 Å². The highest BCUT2D eigenvalue weighted by molar-refractivity contribution is 6.01. The molecule has 0 saturated carbocycles. The molecule has 4 nitrogen and oxygen atoms in total. The SMILES string of the molecule is O=C(/C=C\c1ccc(OC(F)F)cc1)Nc1ccncc1. The molecule has 0 fully saturated rings. The van der Waals surface area contributed by atoms with Gasteiger partial charge in [-0.3, -0.25) is 9.78 Å². The lowest BCUT2D eigenvalue weighted by Crippen LogP contribution is -2.07. The Morgan fingerprint density at radius 3 is 2.43 bits per heavy atom. The van der Waals surface area contributed by atoms with Gasteiger partial charge in [0, 0.05) is 24.2 Å². The van der Waals surface area contributed by atoms with Crippen LogP contribution in [0.25, 0.3) is 6.08 Å². The van der Waals surface area contributed by atoms with Crippen molar-refractivity contribution in [2.24, 2.45) is 0 Å². The van der Waals surface area contributed by atoms with Crippen LogP contribution < -0.4 is 10.1 Å². The van der Waals surface area contributed by atoms with Crippen molar-refractivity contribution >= 4 is 17.7 Å². The number of aromatic nitrogens is 1. The molecule has 108 valence electrons. The minimum atomic E-state index is -2.85. The van der Waals surface area contributed by atoms with E-state index in [-0.39, 0.29) is 11.7 Å². The summed E-state index contributed by atoms with van der Waals surface area (Å²) in [5.41, 5.74) is 1.34. The summed E-state index contributed by atoms with van der Waals surface area (Å²) < 4.78 is 28.2. The smallest absolute Gasteiger partial charge is 0.387 e. The van der Waals surface area contributed by atoms with Crippen molar-refractivity contribution in [1.29, 1.82) is 0 Å². The number of nitrogens with zero attached hydrogens (tertiary/aromatic N) is 1. The Bertz CT molecular complexity index is 613. The molecule has 0 aliphatic rings. The number of nitrogens with one attached hydrogen (secondary N) is 1. The predicted octanol–water partition coefficient (Wildman–Crippen LogP) is 3.33. The molecule has 0 atom stereocenters. The predicted molar refractivity (Wildman–Crippen MR) is 75.0 cm³/mol. The molecule has 0 aliphatic heterocycles. The lowest BCUT2D eigenvalue weighted by molar-refractivity contribution is -0.111. The van der Waals surface area contributed by atoms with E-state index in [2.05, 4.69) is 15.0 Å². The second-order valence-electron chi connectivity index (χ2n) is 4.01. The highest BCUT2D eigenvalue weighted by Gasteiger charge is 2.03. The highest BCUT2D eigenvalue weighted by Crippen LogP contribution is 2.15. The molecule has 1 heterocycles. The van der Waals surface area contributed by atoms with Gasteiger partial charge in [0.2, 0.25) is 5.91 Å². The van der Waals surface area contributed by atoms with E-state index in [0.29, 0.717) is 11.3 Å². The first kappa shape index (κ1) is 14.6. The van der Waals surface area contributed by atoms with Crippen LogP contribution in [0.15, 0.2) is 54.9 Å². The van der Waals surface area contributed by atoms with Crippen molar-refractivity contribution in [2.75, 3.05) is 5.32 Å². The number of benzene rings is 1. The summed E-state index contributed by atoms with van der Waals surface area (Å²) in [6.07, 6.45) is 6.06. The Kier molecular flexibility index (Phi) is 4.98. The Labute approximate surface area is 120 Å². The number of pyridine rings is 1. The van der Waals surface area contributed by atoms with Gasteiger partial charge in [-0.1, -0.05) is 12.1 Å². The largest absolute Gasteiger partial charge is 0.435 e. The number of anilines is 1. The van der Waals surface area contributed by atoms with Crippen LogP contribution in [0.1, 0.15) is 5.56 Å². The summed E-state index contributed by atoms with van der Waals surface area (Å²) in [4.78, 5) is 15.5. The molecular formula is C15H12F2N2O2. The molecule has 1 amide bonds. The van der Waals surface area contributed by atoms with Gasteiger partial charge in [0.1, 0.15) is 5.75 Å². The zero-order valence-corrected chi connectivity index (χ0v) is 10.9. The zero-order chi connectivity index (χ0) is 15.1. The minimum Gasteiger partial charge on any atom is -0.435 e. The topological polar surface area (TPSA) is 51.2 Å². The van der Waals surface area contributed by atoms with Crippen LogP contribution in [-0.2, 0) is 4.79 Å². The number of halogens is 2. The van der Waals surface area contributed by atoms with E-state index in [0.717, 1.165) is 0 Å². The number of amides is 1. The van der Waals surface area contributed by atoms with Crippen molar-refractivity contribution in [2.45, 2.75) is 6.61 Å². The van der Waals surface area contributed by atoms with Crippen LogP contribution in [0.3, 0.4) is 0 Å². The van der Waals surface area contributed by atoms with Gasteiger partial charge in [0.25, 0.3) is 0 Å². The summed E-state index contributed by atoms with van der Waals surface area (Å²) in [5.74, 6) is -0.225. The van der Waals surface area contributed by atoms with Gasteiger partial charge in [-0.25, -0.2) is 0 Å². The number of alkyl halides is 2. The Morgan fingerprint density at radius 2 is 1.81 bits per heavy atom. The van der Waals surface area contributed by atoms with E-state index >= 15 is 0 Å². The Hall–Kier alpha value is -2.76. The van der Waals surface area contributed by atoms with Crippen molar-refractivity contribution in [3.05, 3.63) is 60.4 Å². The molecule has 0 radical (unpaired) electrons. The summed E-state index contributed by atoms with van der Waals surface area (Å²) >= 11 is 0. The molecule has 0 spiro atoms. The summed E-state index contributed by atoms with van der Waals surface area (Å²) in [6.45, 7) is -2.85. The maximum atomic E-state index is 12.0. The van der Waals surface area contributed by atoms with Gasteiger partial charge in [-0.2, -0.15) is 8.78 Å². The number of ether oxygens (including phenoxy) is 1. The average Bonchev–Trinajstić information content (AvgIpc) is 2.47. The van der Waals surface area contributed by atoms with Crippen LogP contribution in [0.2, 0.25) is 0 Å². The van der Waals surface area contributed by atoms with Gasteiger partial charge in [-0.15, -0.1) is 0 Å². The van der Waals surface area contributed by atoms with Crippen LogP contribution in [0.4, 0.5) is 14.5 Å². The molecule has 1 aromatic carbocycles. The molecule has 0 unspecified atom stereocenters. The Balaban J connectivity index is 1.93. The summed E-state index contributed by atoms with van der Waals surface area (Å²) in [5, 5.41) is 2.66. The fraction of sp³-hybridized carbons (Fsp3) is 0.0667. The highest BCUT2D eigenvalue weighted by atomic mass is 19.3. The normalized spacial score (nSPS) is 10.8. The zero-order valence-electron chi connectivity index (χ0n) is 10.9. The van der Waals surface area contributed by atoms with Crippen LogP contribution in [0, 0.1) is 0 Å². The van der Waals surface area contributed by atoms with Gasteiger partial charge in [0.15, 0.2) is 0 Å². The first-order valence-electron chi connectivity index (χ1n) is 6.07. The number of carbonyl (C=O) groups excluding carboxylic acids is 1. The average molecular weight is 290 g/mol. The first-order valence-corrected chi connectivity index (χ1v) is 6.07. The third-order valence-corrected chi connectivity index (χ3v) is 2.48. The molecule has 2 aromatic rings. The molecule has 2 rings (SSSR count). The van der Waals surface area contributed by atoms with Gasteiger partial charge < -0.3 is 10.1 Å². The molecular weight excluding hydrogens is 278 g/mol. The molecule has 1 aromatic heterocycles. The number of hydrogen-bond acceptors (Lipinski definition) is 3. The van der Waals surface area contributed by atoms with E-state index in [1.807, 2.05) is 0 Å². The minimum absolute atomic E-state index is 0.0726. The molecule has 21 heavy (non-hydrogen) atoms. The van der Waals surface area contributed by atoms with E-state index in [9.17, 15) is 13.6 Å². The maximum Gasteiger partial charge on any atom is 0.387 e. The molecule has 0 saturated heterocycles. The van der Waals surface area contributed by atoms with Crippen molar-refractivity contribution in [3.63, 3.8) is 0 Å². The molecule has 1 N–H and O–H groups in total. The second kappa shape index (κ2) is 7.14. The van der Waals surface area contributed by atoms with E-state index in [4.69, 9.17) is 0 Å². The number of rotatable bonds is 5. The number of hydrogen-bond donors (Lipinski definition) is 1. The lowest BCUT2D eigenvalue weighted by atomic mass is 10.2. The van der Waals surface area contributed by atoms with Gasteiger partial charge in [0.05, 0.1) is 0 Å². The van der Waals surface area contributed by atoms with Gasteiger partial charge in [-0.05, 0) is 35.9 Å². The third-order valence-electron chi connectivity index (χ3n) is 2.48. The standard InChI is InChI=1S/C15H12F2N2O2/c16-15(17)21-13-4-1-11(2-5-13)3-6-14(20)19-12-7-9-18-10-8-12/h1-10,15H,(H,18,19,20)/b6-3-. The first-order chi connectivity index (χ1) is 10.1. The van der Waals surface area contributed by atoms with Crippen LogP contribution >= 0.6 is 0 Å². The molecule has 6 heteroatoms. The van der Waals surface area contributed by atoms with Gasteiger partial charge >= 0.3 is 6.61 Å². The second-order valence-corrected chi connectivity index (χ2v) is 4.01. The Morgan fingerprint density at radius 1 is 1.14 bits per heavy atom. The third kappa shape index (κ3) is 5.02. The van der Waals surface area contributed by atoms with Crippen LogP contribution in [0.5, 0.6) is 5.75 Å². The van der Waals surface area contributed by atoms with Crippen molar-refractivity contribution in [1.82, 2.24) is 4.98 Å².